The Balaban J connectivity index is 2.09. The lowest BCUT2D eigenvalue weighted by molar-refractivity contribution is 0.275. The highest BCUT2D eigenvalue weighted by atomic mass is 32.1. The molecule has 1 fully saturated rings. The van der Waals surface area contributed by atoms with E-state index in [-0.39, 0.29) is 0 Å². The molecule has 1 unspecified atom stereocenters. The molecule has 1 aliphatic heterocycles. The van der Waals surface area contributed by atoms with Crippen molar-refractivity contribution in [2.24, 2.45) is 5.84 Å². The van der Waals surface area contributed by atoms with Crippen molar-refractivity contribution in [3.63, 3.8) is 0 Å². The molecular weight excluding hydrogens is 284 g/mol. The summed E-state index contributed by atoms with van der Waals surface area (Å²) in [6.07, 6.45) is 1.02. The fourth-order valence-corrected chi connectivity index (χ4v) is 3.83. The zero-order chi connectivity index (χ0) is 15.0. The number of thiophene rings is 1. The van der Waals surface area contributed by atoms with Crippen LogP contribution in [0.4, 0.5) is 11.8 Å². The second-order valence-electron chi connectivity index (χ2n) is 5.60. The molecule has 21 heavy (non-hydrogen) atoms. The second-order valence-corrected chi connectivity index (χ2v) is 6.72. The molecule has 2 aromatic heterocycles. The largest absolute Gasteiger partial charge is 0.351 e. The monoisotopic (exact) mass is 306 g/mol. The van der Waals surface area contributed by atoms with Gasteiger partial charge in [-0.2, -0.15) is 4.98 Å². The van der Waals surface area contributed by atoms with Gasteiger partial charge in [0, 0.05) is 30.6 Å². The van der Waals surface area contributed by atoms with Crippen LogP contribution in [0.2, 0.25) is 0 Å². The minimum atomic E-state index is 0.428. The van der Waals surface area contributed by atoms with Crippen LogP contribution in [0.5, 0.6) is 0 Å². The van der Waals surface area contributed by atoms with Crippen LogP contribution in [-0.2, 0) is 6.42 Å². The number of hydrogen-bond acceptors (Lipinski definition) is 7. The highest BCUT2D eigenvalue weighted by Crippen LogP contribution is 2.33. The Morgan fingerprint density at radius 3 is 2.90 bits per heavy atom. The third-order valence-electron chi connectivity index (χ3n) is 4.00. The van der Waals surface area contributed by atoms with Gasteiger partial charge in [0.1, 0.15) is 10.6 Å². The highest BCUT2D eigenvalue weighted by molar-refractivity contribution is 7.18. The maximum atomic E-state index is 5.54. The van der Waals surface area contributed by atoms with Crippen molar-refractivity contribution in [3.05, 3.63) is 10.9 Å². The number of nitrogens with zero attached hydrogens (tertiary/aromatic N) is 4. The zero-order valence-corrected chi connectivity index (χ0v) is 13.6. The molecule has 0 aliphatic carbocycles. The van der Waals surface area contributed by atoms with Crippen LogP contribution >= 0.6 is 11.3 Å². The lowest BCUT2D eigenvalue weighted by atomic mass is 10.2. The van der Waals surface area contributed by atoms with Crippen molar-refractivity contribution < 1.29 is 0 Å². The molecule has 3 heterocycles. The molecule has 2 aromatic rings. The Kier molecular flexibility index (Phi) is 3.97. The number of hydrogen-bond donors (Lipinski definition) is 2. The summed E-state index contributed by atoms with van der Waals surface area (Å²) in [4.78, 5) is 16.2. The summed E-state index contributed by atoms with van der Waals surface area (Å²) in [5.74, 6) is 7.04. The van der Waals surface area contributed by atoms with Crippen molar-refractivity contribution in [2.75, 3.05) is 37.0 Å². The Morgan fingerprint density at radius 1 is 1.43 bits per heavy atom. The molecule has 0 saturated carbocycles. The summed E-state index contributed by atoms with van der Waals surface area (Å²) >= 11 is 1.72. The van der Waals surface area contributed by atoms with Gasteiger partial charge in [-0.3, -0.25) is 5.43 Å². The summed E-state index contributed by atoms with van der Waals surface area (Å²) in [6.45, 7) is 7.48. The molecule has 0 aromatic carbocycles. The fourth-order valence-electron chi connectivity index (χ4n) is 2.87. The van der Waals surface area contributed by atoms with Gasteiger partial charge < -0.3 is 9.80 Å². The van der Waals surface area contributed by atoms with E-state index in [1.165, 1.54) is 4.88 Å². The summed E-state index contributed by atoms with van der Waals surface area (Å²) in [7, 11) is 2.16. The van der Waals surface area contributed by atoms with Crippen molar-refractivity contribution >= 4 is 33.3 Å². The van der Waals surface area contributed by atoms with E-state index in [9.17, 15) is 0 Å². The number of rotatable bonds is 3. The van der Waals surface area contributed by atoms with E-state index < -0.39 is 0 Å². The van der Waals surface area contributed by atoms with Crippen molar-refractivity contribution in [3.8, 4) is 0 Å². The normalized spacial score (nSPS) is 20.2. The third-order valence-corrected chi connectivity index (χ3v) is 5.18. The van der Waals surface area contributed by atoms with E-state index >= 15 is 0 Å². The first-order valence-corrected chi connectivity index (χ1v) is 8.16. The van der Waals surface area contributed by atoms with Gasteiger partial charge in [0.05, 0.1) is 5.39 Å². The zero-order valence-electron chi connectivity index (χ0n) is 12.8. The van der Waals surface area contributed by atoms with Crippen LogP contribution in [0.15, 0.2) is 6.07 Å². The first kappa shape index (κ1) is 14.5. The quantitative estimate of drug-likeness (QED) is 0.664. The Bertz CT molecular complexity index is 640. The summed E-state index contributed by atoms with van der Waals surface area (Å²) < 4.78 is 0. The fraction of sp³-hybridized carbons (Fsp3) is 0.571. The van der Waals surface area contributed by atoms with Gasteiger partial charge in [0.15, 0.2) is 0 Å². The number of anilines is 2. The van der Waals surface area contributed by atoms with Crippen LogP contribution < -0.4 is 16.2 Å². The van der Waals surface area contributed by atoms with Crippen molar-refractivity contribution in [1.82, 2.24) is 14.9 Å². The Morgan fingerprint density at radius 2 is 2.24 bits per heavy atom. The van der Waals surface area contributed by atoms with Gasteiger partial charge >= 0.3 is 0 Å². The minimum Gasteiger partial charge on any atom is -0.351 e. The van der Waals surface area contributed by atoms with Gasteiger partial charge in [-0.05, 0) is 26.5 Å². The predicted molar refractivity (Wildman–Crippen MR) is 88.9 cm³/mol. The third kappa shape index (κ3) is 2.68. The van der Waals surface area contributed by atoms with Gasteiger partial charge in [-0.15, -0.1) is 11.3 Å². The Hall–Kier alpha value is -1.44. The molecule has 0 bridgehead atoms. The lowest BCUT2D eigenvalue weighted by Crippen LogP contribution is -2.51. The van der Waals surface area contributed by atoms with E-state index in [1.54, 1.807) is 11.3 Å². The molecule has 6 nitrogen and oxygen atoms in total. The smallest absolute Gasteiger partial charge is 0.240 e. The first-order chi connectivity index (χ1) is 10.1. The predicted octanol–water partition coefficient (Wildman–Crippen LogP) is 1.68. The van der Waals surface area contributed by atoms with E-state index in [0.717, 1.165) is 42.1 Å². The average Bonchev–Trinajstić information content (AvgIpc) is 2.89. The summed E-state index contributed by atoms with van der Waals surface area (Å²) in [5.41, 5.74) is 2.60. The van der Waals surface area contributed by atoms with Crippen LogP contribution in [0.3, 0.4) is 0 Å². The molecule has 3 N–H and O–H groups in total. The van der Waals surface area contributed by atoms with Crippen LogP contribution in [-0.4, -0.2) is 47.6 Å². The van der Waals surface area contributed by atoms with Crippen molar-refractivity contribution in [2.45, 2.75) is 26.3 Å². The average molecular weight is 306 g/mol. The van der Waals surface area contributed by atoms with Gasteiger partial charge in [-0.25, -0.2) is 10.8 Å². The first-order valence-electron chi connectivity index (χ1n) is 7.34. The molecule has 7 heteroatoms. The summed E-state index contributed by atoms with van der Waals surface area (Å²) in [5, 5.41) is 1.15. The van der Waals surface area contributed by atoms with Gasteiger partial charge in [0.25, 0.3) is 0 Å². The van der Waals surface area contributed by atoms with Gasteiger partial charge in [-0.1, -0.05) is 6.92 Å². The van der Waals surface area contributed by atoms with Crippen LogP contribution in [0.25, 0.3) is 10.2 Å². The number of fused-ring (bicyclic) bond motifs is 1. The van der Waals surface area contributed by atoms with Gasteiger partial charge in [0.2, 0.25) is 5.95 Å². The molecule has 3 rings (SSSR count). The summed E-state index contributed by atoms with van der Waals surface area (Å²) in [6, 6.07) is 2.65. The molecular formula is C14H22N6S. The number of nitrogens with two attached hydrogens (primary N) is 1. The lowest BCUT2D eigenvalue weighted by Gasteiger charge is -2.39. The van der Waals surface area contributed by atoms with Crippen molar-refractivity contribution in [1.29, 1.82) is 0 Å². The maximum absolute atomic E-state index is 5.54. The van der Waals surface area contributed by atoms with E-state index in [0.29, 0.717) is 12.0 Å². The number of aryl methyl sites for hydroxylation is 1. The molecule has 1 atom stereocenters. The highest BCUT2D eigenvalue weighted by Gasteiger charge is 2.25. The number of piperazine rings is 1. The molecule has 114 valence electrons. The number of likely N-dealkylation sites (N-methyl/N-ethyl adjacent to an activating group) is 1. The SMILES string of the molecule is CCc1cc2c(N3CCN(C)CC3C)nc(NN)nc2s1. The van der Waals surface area contributed by atoms with E-state index in [4.69, 9.17) is 5.84 Å². The maximum Gasteiger partial charge on any atom is 0.240 e. The minimum absolute atomic E-state index is 0.428. The number of aromatic nitrogens is 2. The Labute approximate surface area is 128 Å². The van der Waals surface area contributed by atoms with Crippen LogP contribution in [0.1, 0.15) is 18.7 Å². The number of nitrogens with one attached hydrogen (secondary N) is 1. The van der Waals surface area contributed by atoms with Crippen LogP contribution in [0, 0.1) is 0 Å². The van der Waals surface area contributed by atoms with E-state index in [2.05, 4.69) is 52.2 Å². The second kappa shape index (κ2) is 5.75. The standard InChI is InChI=1S/C14H22N6S/c1-4-10-7-11-12(16-14(18-15)17-13(11)21-10)20-6-5-19(3)8-9(20)2/h7,9H,4-6,8,15H2,1-3H3,(H,16,17,18). The van der Waals surface area contributed by atoms with E-state index in [1.807, 2.05) is 0 Å². The number of nitrogen functional groups attached to an aromatic ring is 1. The molecule has 1 saturated heterocycles. The molecule has 0 spiro atoms. The number of hydrazine groups is 1. The topological polar surface area (TPSA) is 70.3 Å². The molecule has 0 radical (unpaired) electrons. The molecule has 1 aliphatic rings. The molecule has 0 amide bonds.